The van der Waals surface area contributed by atoms with Crippen LogP contribution in [-0.4, -0.2) is 28.9 Å². The van der Waals surface area contributed by atoms with Gasteiger partial charge < -0.3 is 0 Å². The molecule has 0 amide bonds. The minimum absolute atomic E-state index is 0.340. The molecule has 0 atom stereocenters. The van der Waals surface area contributed by atoms with E-state index in [4.69, 9.17) is 4.84 Å². The van der Waals surface area contributed by atoms with E-state index in [0.29, 0.717) is 0 Å². The normalized spacial score (nSPS) is 25.7. The molecule has 2 nitrogen and oxygen atoms in total. The lowest BCUT2D eigenvalue weighted by atomic mass is 9.82. The molecule has 0 bridgehead atoms. The highest BCUT2D eigenvalue weighted by atomic mass is 19.4. The number of piperidine rings is 1. The van der Waals surface area contributed by atoms with Gasteiger partial charge >= 0.3 is 6.18 Å². The average Bonchev–Trinajstić information content (AvgIpc) is 1.97. The van der Waals surface area contributed by atoms with Crippen molar-refractivity contribution in [1.82, 2.24) is 5.06 Å². The standard InChI is InChI=1S/C11H20F3NO/c1-9(2)6-5-7-10(3,4)15(9)16-8-11(12,13)14/h5-8H2,1-4H3. The number of halogens is 3. The third kappa shape index (κ3) is 3.35. The summed E-state index contributed by atoms with van der Waals surface area (Å²) in [6, 6.07) is 0. The van der Waals surface area contributed by atoms with Gasteiger partial charge in [0, 0.05) is 11.1 Å². The van der Waals surface area contributed by atoms with E-state index in [9.17, 15) is 13.2 Å². The molecule has 5 heteroatoms. The smallest absolute Gasteiger partial charge is 0.288 e. The summed E-state index contributed by atoms with van der Waals surface area (Å²) in [6.45, 7) is 6.48. The van der Waals surface area contributed by atoms with E-state index < -0.39 is 12.8 Å². The topological polar surface area (TPSA) is 12.5 Å². The quantitative estimate of drug-likeness (QED) is 0.731. The van der Waals surface area contributed by atoms with Gasteiger partial charge in [-0.1, -0.05) is 0 Å². The highest BCUT2D eigenvalue weighted by molar-refractivity contribution is 4.92. The van der Waals surface area contributed by atoms with Crippen molar-refractivity contribution < 1.29 is 18.0 Å². The Balaban J connectivity index is 2.72. The third-order valence-corrected chi connectivity index (χ3v) is 3.03. The van der Waals surface area contributed by atoms with Crippen LogP contribution >= 0.6 is 0 Å². The number of hydrogen-bond donors (Lipinski definition) is 0. The first kappa shape index (κ1) is 13.8. The van der Waals surface area contributed by atoms with Crippen LogP contribution in [0, 0.1) is 0 Å². The van der Waals surface area contributed by atoms with E-state index >= 15 is 0 Å². The van der Waals surface area contributed by atoms with Crippen molar-refractivity contribution in [3.05, 3.63) is 0 Å². The number of nitrogens with zero attached hydrogens (tertiary/aromatic N) is 1. The van der Waals surface area contributed by atoms with Gasteiger partial charge in [-0.05, 0) is 47.0 Å². The maximum Gasteiger partial charge on any atom is 0.413 e. The van der Waals surface area contributed by atoms with Gasteiger partial charge in [-0.3, -0.25) is 4.84 Å². The van der Waals surface area contributed by atoms with Crippen molar-refractivity contribution in [3.8, 4) is 0 Å². The van der Waals surface area contributed by atoms with Gasteiger partial charge in [-0.2, -0.15) is 18.2 Å². The van der Waals surface area contributed by atoms with Crippen LogP contribution in [0.5, 0.6) is 0 Å². The molecule has 16 heavy (non-hydrogen) atoms. The summed E-state index contributed by atoms with van der Waals surface area (Å²) < 4.78 is 36.5. The average molecular weight is 239 g/mol. The second-order valence-electron chi connectivity index (χ2n) is 5.66. The minimum Gasteiger partial charge on any atom is -0.288 e. The first-order valence-corrected chi connectivity index (χ1v) is 5.55. The van der Waals surface area contributed by atoms with Crippen LogP contribution in [0.4, 0.5) is 13.2 Å². The Bertz CT molecular complexity index is 232. The van der Waals surface area contributed by atoms with Crippen LogP contribution in [0.15, 0.2) is 0 Å². The first-order chi connectivity index (χ1) is 7.05. The lowest BCUT2D eigenvalue weighted by Gasteiger charge is -2.51. The lowest BCUT2D eigenvalue weighted by molar-refractivity contribution is -0.321. The van der Waals surface area contributed by atoms with E-state index in [1.54, 1.807) is 0 Å². The van der Waals surface area contributed by atoms with Crippen molar-refractivity contribution in [2.24, 2.45) is 0 Å². The molecule has 0 unspecified atom stereocenters. The number of hydroxylamine groups is 2. The van der Waals surface area contributed by atoms with Crippen LogP contribution in [0.1, 0.15) is 47.0 Å². The molecule has 0 aliphatic carbocycles. The van der Waals surface area contributed by atoms with Gasteiger partial charge in [0.15, 0.2) is 6.61 Å². The molecule has 0 aromatic carbocycles. The summed E-state index contributed by atoms with van der Waals surface area (Å²) >= 11 is 0. The van der Waals surface area contributed by atoms with Gasteiger partial charge in [-0.15, -0.1) is 0 Å². The Morgan fingerprint density at radius 3 is 1.88 bits per heavy atom. The molecule has 1 rings (SSSR count). The molecule has 1 fully saturated rings. The predicted octanol–water partition coefficient (Wildman–Crippen LogP) is 3.52. The van der Waals surface area contributed by atoms with Gasteiger partial charge in [0.05, 0.1) is 0 Å². The van der Waals surface area contributed by atoms with Crippen LogP contribution in [0.3, 0.4) is 0 Å². The molecule has 1 aliphatic heterocycles. The monoisotopic (exact) mass is 239 g/mol. The fourth-order valence-electron chi connectivity index (χ4n) is 2.46. The molecular formula is C11H20F3NO. The van der Waals surface area contributed by atoms with Crippen molar-refractivity contribution in [3.63, 3.8) is 0 Å². The minimum atomic E-state index is -4.27. The van der Waals surface area contributed by atoms with Gasteiger partial charge in [0.1, 0.15) is 0 Å². The second kappa shape index (κ2) is 4.18. The van der Waals surface area contributed by atoms with Gasteiger partial charge in [-0.25, -0.2) is 0 Å². The first-order valence-electron chi connectivity index (χ1n) is 5.55. The molecular weight excluding hydrogens is 219 g/mol. The predicted molar refractivity (Wildman–Crippen MR) is 55.9 cm³/mol. The fourth-order valence-corrected chi connectivity index (χ4v) is 2.46. The molecule has 0 radical (unpaired) electrons. The maximum atomic E-state index is 12.2. The number of alkyl halides is 3. The number of rotatable bonds is 2. The second-order valence-corrected chi connectivity index (χ2v) is 5.66. The molecule has 1 heterocycles. The van der Waals surface area contributed by atoms with E-state index in [2.05, 4.69) is 0 Å². The van der Waals surface area contributed by atoms with Crippen LogP contribution in [0.2, 0.25) is 0 Å². The molecule has 0 aromatic heterocycles. The molecule has 0 saturated carbocycles. The Hall–Kier alpha value is -0.290. The lowest BCUT2D eigenvalue weighted by Crippen LogP contribution is -2.58. The largest absolute Gasteiger partial charge is 0.413 e. The Morgan fingerprint density at radius 2 is 1.50 bits per heavy atom. The highest BCUT2D eigenvalue weighted by Gasteiger charge is 2.44. The summed E-state index contributed by atoms with van der Waals surface area (Å²) in [5, 5.41) is 1.52. The summed E-state index contributed by atoms with van der Waals surface area (Å²) in [6.07, 6.45) is -1.54. The fraction of sp³-hybridized carbons (Fsp3) is 1.00. The molecule has 1 saturated heterocycles. The van der Waals surface area contributed by atoms with Crippen molar-refractivity contribution in [1.29, 1.82) is 0 Å². The third-order valence-electron chi connectivity index (χ3n) is 3.03. The highest BCUT2D eigenvalue weighted by Crippen LogP contribution is 2.38. The summed E-state index contributed by atoms with van der Waals surface area (Å²) in [5.41, 5.74) is -0.681. The number of hydrogen-bond acceptors (Lipinski definition) is 2. The zero-order valence-electron chi connectivity index (χ0n) is 10.3. The molecule has 96 valence electrons. The maximum absolute atomic E-state index is 12.2. The SMILES string of the molecule is CC1(C)CCCC(C)(C)N1OCC(F)(F)F. The van der Waals surface area contributed by atoms with E-state index in [1.807, 2.05) is 27.7 Å². The van der Waals surface area contributed by atoms with E-state index in [0.717, 1.165) is 19.3 Å². The molecule has 0 aromatic rings. The molecule has 0 N–H and O–H groups in total. The molecule has 0 spiro atoms. The van der Waals surface area contributed by atoms with Crippen LogP contribution in [-0.2, 0) is 4.84 Å². The Kier molecular flexibility index (Phi) is 3.60. The van der Waals surface area contributed by atoms with Crippen LogP contribution in [0.25, 0.3) is 0 Å². The molecule has 1 aliphatic rings. The van der Waals surface area contributed by atoms with Crippen molar-refractivity contribution in [2.45, 2.75) is 64.2 Å². The van der Waals surface area contributed by atoms with E-state index in [-0.39, 0.29) is 11.1 Å². The zero-order valence-corrected chi connectivity index (χ0v) is 10.3. The zero-order chi connectivity index (χ0) is 12.6. The van der Waals surface area contributed by atoms with Crippen molar-refractivity contribution in [2.75, 3.05) is 6.61 Å². The van der Waals surface area contributed by atoms with Gasteiger partial charge in [0.2, 0.25) is 0 Å². The Morgan fingerprint density at radius 1 is 1.06 bits per heavy atom. The summed E-state index contributed by atoms with van der Waals surface area (Å²) in [4.78, 5) is 4.99. The van der Waals surface area contributed by atoms with Crippen LogP contribution < -0.4 is 0 Å². The van der Waals surface area contributed by atoms with Gasteiger partial charge in [0.25, 0.3) is 0 Å². The van der Waals surface area contributed by atoms with E-state index in [1.165, 1.54) is 5.06 Å². The Labute approximate surface area is 94.7 Å². The summed E-state index contributed by atoms with van der Waals surface area (Å²) in [5.74, 6) is 0. The summed E-state index contributed by atoms with van der Waals surface area (Å²) in [7, 11) is 0. The van der Waals surface area contributed by atoms with Crippen molar-refractivity contribution >= 4 is 0 Å².